The Morgan fingerprint density at radius 3 is 2.02 bits per heavy atom. The molecule has 0 spiro atoms. The molecular formula is C37H24BrFN2O2S. The number of nitrogens with zero attached hydrogens (tertiary/aromatic N) is 2. The van der Waals surface area contributed by atoms with Crippen molar-refractivity contribution in [3.63, 3.8) is 0 Å². The molecule has 0 fully saturated rings. The minimum Gasteiger partial charge on any atom is -0.306 e. The highest BCUT2D eigenvalue weighted by atomic mass is 79.9. The molecule has 2 aromatic heterocycles. The smallest absolute Gasteiger partial charge is 0.268 e. The van der Waals surface area contributed by atoms with E-state index in [1.54, 1.807) is 18.2 Å². The third-order valence-electron chi connectivity index (χ3n) is 8.33. The predicted molar refractivity (Wildman–Crippen MR) is 181 cm³/mol. The van der Waals surface area contributed by atoms with Crippen molar-refractivity contribution >= 4 is 69.6 Å². The average Bonchev–Trinajstić information content (AvgIpc) is 3.55. The molecule has 214 valence electrons. The molecule has 2 heterocycles. The van der Waals surface area contributed by atoms with E-state index in [2.05, 4.69) is 15.9 Å². The molecule has 0 aliphatic rings. The van der Waals surface area contributed by atoms with E-state index in [0.29, 0.717) is 22.1 Å². The van der Waals surface area contributed by atoms with E-state index in [1.165, 1.54) is 10.0 Å². The molecule has 0 N–H and O–H groups in total. The van der Waals surface area contributed by atoms with Crippen LogP contribution < -0.4 is 0 Å². The van der Waals surface area contributed by atoms with E-state index in [0.717, 1.165) is 48.3 Å². The standard InChI is InChI=1S/C37H24BrFN2O2S/c1-23-17-19-25(20-18-23)44(42,43)41-35-16-7-4-11-28(35)31-22-24(38)21-30(36(31)41)27-10-3-6-15-34(27)40-33-14-5-2-9-26(33)29-12-8-13-32(39)37(29)40/h2-22H,1H3. The first-order valence-corrected chi connectivity index (χ1v) is 16.4. The van der Waals surface area contributed by atoms with Crippen LogP contribution in [0.2, 0.25) is 0 Å². The second kappa shape index (κ2) is 9.91. The molecule has 0 aliphatic heterocycles. The lowest BCUT2D eigenvalue weighted by Crippen LogP contribution is -2.13. The van der Waals surface area contributed by atoms with Crippen molar-refractivity contribution in [3.05, 3.63) is 143 Å². The second-order valence-corrected chi connectivity index (χ2v) is 13.7. The molecule has 0 saturated heterocycles. The van der Waals surface area contributed by atoms with Crippen molar-refractivity contribution in [1.29, 1.82) is 0 Å². The number of hydrogen-bond donors (Lipinski definition) is 0. The summed E-state index contributed by atoms with van der Waals surface area (Å²) in [6.07, 6.45) is 0. The van der Waals surface area contributed by atoms with E-state index in [1.807, 2.05) is 115 Å². The average molecular weight is 660 g/mol. The van der Waals surface area contributed by atoms with Crippen LogP contribution in [0.1, 0.15) is 5.56 Å². The van der Waals surface area contributed by atoms with Crippen molar-refractivity contribution in [2.24, 2.45) is 0 Å². The quantitative estimate of drug-likeness (QED) is 0.189. The zero-order valence-corrected chi connectivity index (χ0v) is 25.9. The summed E-state index contributed by atoms with van der Waals surface area (Å²) in [5.74, 6) is -0.330. The monoisotopic (exact) mass is 658 g/mol. The molecule has 0 radical (unpaired) electrons. The summed E-state index contributed by atoms with van der Waals surface area (Å²) >= 11 is 3.72. The SMILES string of the molecule is Cc1ccc(S(=O)(=O)n2c3ccccc3c3cc(Br)cc(-c4ccccc4-n4c5ccccc5c5cccc(F)c54)c32)cc1. The van der Waals surface area contributed by atoms with E-state index >= 15 is 4.39 Å². The largest absolute Gasteiger partial charge is 0.306 e. The third kappa shape index (κ3) is 3.89. The highest BCUT2D eigenvalue weighted by molar-refractivity contribution is 9.10. The predicted octanol–water partition coefficient (Wildman–Crippen LogP) is 10.0. The molecule has 8 aromatic rings. The van der Waals surface area contributed by atoms with Gasteiger partial charge in [0.05, 0.1) is 32.6 Å². The first-order chi connectivity index (χ1) is 21.3. The fourth-order valence-electron chi connectivity index (χ4n) is 6.42. The molecule has 0 saturated carbocycles. The highest BCUT2D eigenvalue weighted by Crippen LogP contribution is 2.43. The van der Waals surface area contributed by atoms with Gasteiger partial charge in [-0.15, -0.1) is 0 Å². The Kier molecular flexibility index (Phi) is 6.05. The van der Waals surface area contributed by atoms with Crippen LogP contribution in [-0.2, 0) is 10.0 Å². The fraction of sp³-hybridized carbons (Fsp3) is 0.0270. The molecular weight excluding hydrogens is 635 g/mol. The number of para-hydroxylation sites is 4. The summed E-state index contributed by atoms with van der Waals surface area (Å²) in [5.41, 5.74) is 5.67. The van der Waals surface area contributed by atoms with Crippen molar-refractivity contribution in [2.75, 3.05) is 0 Å². The van der Waals surface area contributed by atoms with Gasteiger partial charge >= 0.3 is 0 Å². The topological polar surface area (TPSA) is 44.0 Å². The Morgan fingerprint density at radius 2 is 1.25 bits per heavy atom. The maximum absolute atomic E-state index is 15.7. The van der Waals surface area contributed by atoms with Crippen LogP contribution in [0, 0.1) is 12.7 Å². The molecule has 4 nitrogen and oxygen atoms in total. The van der Waals surface area contributed by atoms with Crippen LogP contribution in [0.3, 0.4) is 0 Å². The molecule has 7 heteroatoms. The van der Waals surface area contributed by atoms with Crippen LogP contribution in [0.15, 0.2) is 137 Å². The van der Waals surface area contributed by atoms with Gasteiger partial charge in [-0.2, -0.15) is 0 Å². The van der Waals surface area contributed by atoms with Gasteiger partial charge in [-0.05, 0) is 55.5 Å². The van der Waals surface area contributed by atoms with E-state index < -0.39 is 10.0 Å². The molecule has 0 bridgehead atoms. The lowest BCUT2D eigenvalue weighted by molar-refractivity contribution is 0.590. The molecule has 44 heavy (non-hydrogen) atoms. The first kappa shape index (κ1) is 26.9. The summed E-state index contributed by atoms with van der Waals surface area (Å²) < 4.78 is 48.9. The maximum atomic E-state index is 15.7. The summed E-state index contributed by atoms with van der Waals surface area (Å²) in [4.78, 5) is 0.206. The van der Waals surface area contributed by atoms with Gasteiger partial charge in [0.15, 0.2) is 0 Å². The Balaban J connectivity index is 1.53. The number of halogens is 2. The Labute approximate surface area is 261 Å². The Morgan fingerprint density at radius 1 is 0.614 bits per heavy atom. The van der Waals surface area contributed by atoms with Gasteiger partial charge in [0, 0.05) is 37.1 Å². The third-order valence-corrected chi connectivity index (χ3v) is 10.5. The normalized spacial score (nSPS) is 12.2. The van der Waals surface area contributed by atoms with Crippen LogP contribution in [0.4, 0.5) is 4.39 Å². The molecule has 0 atom stereocenters. The van der Waals surface area contributed by atoms with Gasteiger partial charge in [0.2, 0.25) is 0 Å². The summed E-state index contributed by atoms with van der Waals surface area (Å²) in [7, 11) is -4.02. The molecule has 0 amide bonds. The zero-order valence-electron chi connectivity index (χ0n) is 23.5. The van der Waals surface area contributed by atoms with Gasteiger partial charge < -0.3 is 4.57 Å². The zero-order chi connectivity index (χ0) is 30.2. The van der Waals surface area contributed by atoms with E-state index in [9.17, 15) is 8.42 Å². The van der Waals surface area contributed by atoms with Crippen molar-refractivity contribution in [1.82, 2.24) is 8.54 Å². The van der Waals surface area contributed by atoms with Crippen LogP contribution in [0.25, 0.3) is 60.4 Å². The van der Waals surface area contributed by atoms with Gasteiger partial charge in [-0.3, -0.25) is 0 Å². The number of fused-ring (bicyclic) bond motifs is 6. The van der Waals surface area contributed by atoms with Crippen LogP contribution >= 0.6 is 15.9 Å². The van der Waals surface area contributed by atoms with Gasteiger partial charge in [-0.25, -0.2) is 16.8 Å². The molecule has 0 unspecified atom stereocenters. The Hall–Kier alpha value is -4.72. The highest BCUT2D eigenvalue weighted by Gasteiger charge is 2.27. The lowest BCUT2D eigenvalue weighted by atomic mass is 10.00. The van der Waals surface area contributed by atoms with Crippen molar-refractivity contribution < 1.29 is 12.8 Å². The van der Waals surface area contributed by atoms with Crippen molar-refractivity contribution in [2.45, 2.75) is 11.8 Å². The van der Waals surface area contributed by atoms with Gasteiger partial charge in [-0.1, -0.05) is 100 Å². The summed E-state index contributed by atoms with van der Waals surface area (Å²) in [6.45, 7) is 1.93. The molecule has 6 aromatic carbocycles. The second-order valence-electron chi connectivity index (χ2n) is 11.0. The first-order valence-electron chi connectivity index (χ1n) is 14.2. The number of benzene rings is 6. The Bertz CT molecular complexity index is 2550. The number of hydrogen-bond acceptors (Lipinski definition) is 2. The lowest BCUT2D eigenvalue weighted by Gasteiger charge is -2.17. The van der Waals surface area contributed by atoms with Gasteiger partial charge in [0.1, 0.15) is 5.82 Å². The summed E-state index contributed by atoms with van der Waals surface area (Å²) in [5, 5.41) is 3.36. The van der Waals surface area contributed by atoms with Crippen LogP contribution in [-0.4, -0.2) is 17.0 Å². The van der Waals surface area contributed by atoms with Crippen molar-refractivity contribution in [3.8, 4) is 16.8 Å². The van der Waals surface area contributed by atoms with E-state index in [4.69, 9.17) is 0 Å². The van der Waals surface area contributed by atoms with Gasteiger partial charge in [0.25, 0.3) is 10.0 Å². The summed E-state index contributed by atoms with van der Waals surface area (Å²) in [6, 6.07) is 39.2. The molecule has 0 aliphatic carbocycles. The van der Waals surface area contributed by atoms with Crippen LogP contribution in [0.5, 0.6) is 0 Å². The number of aryl methyl sites for hydroxylation is 1. The number of rotatable bonds is 4. The maximum Gasteiger partial charge on any atom is 0.268 e. The minimum atomic E-state index is -4.02. The van der Waals surface area contributed by atoms with E-state index in [-0.39, 0.29) is 10.7 Å². The fourth-order valence-corrected chi connectivity index (χ4v) is 8.42. The minimum absolute atomic E-state index is 0.206. The molecule has 8 rings (SSSR count). The number of aromatic nitrogens is 2.